The maximum atomic E-state index is 5.48. The predicted molar refractivity (Wildman–Crippen MR) is 111 cm³/mol. The Balaban J connectivity index is 1.60. The standard InChI is InChI=1S/C21H36N4O2/c1-22-21(23-12-6-7-14-27-16-15-26-2)24-17-20-11-8-13-25(20)18-19-9-4-3-5-10-19/h3-5,9-10,20H,6-8,11-18H2,1-2H3,(H2,22,23,24). The summed E-state index contributed by atoms with van der Waals surface area (Å²) >= 11 is 0. The molecule has 1 atom stereocenters. The number of nitrogens with one attached hydrogen (secondary N) is 2. The van der Waals surface area contributed by atoms with Gasteiger partial charge in [-0.05, 0) is 37.8 Å². The summed E-state index contributed by atoms with van der Waals surface area (Å²) in [6.07, 6.45) is 4.63. The molecule has 2 rings (SSSR count). The van der Waals surface area contributed by atoms with Gasteiger partial charge in [0.1, 0.15) is 0 Å². The minimum atomic E-state index is 0.568. The van der Waals surface area contributed by atoms with Crippen LogP contribution < -0.4 is 10.6 Å². The van der Waals surface area contributed by atoms with E-state index in [4.69, 9.17) is 9.47 Å². The number of aliphatic imine (C=N–C) groups is 1. The lowest BCUT2D eigenvalue weighted by Crippen LogP contribution is -2.44. The van der Waals surface area contributed by atoms with E-state index in [1.807, 2.05) is 7.05 Å². The van der Waals surface area contributed by atoms with Crippen LogP contribution in [0.15, 0.2) is 35.3 Å². The molecule has 27 heavy (non-hydrogen) atoms. The summed E-state index contributed by atoms with van der Waals surface area (Å²) in [7, 11) is 3.53. The average molecular weight is 377 g/mol. The molecule has 1 fully saturated rings. The monoisotopic (exact) mass is 376 g/mol. The van der Waals surface area contributed by atoms with Crippen molar-refractivity contribution in [2.45, 2.75) is 38.3 Å². The predicted octanol–water partition coefficient (Wildman–Crippen LogP) is 2.26. The number of likely N-dealkylation sites (tertiary alicyclic amines) is 1. The van der Waals surface area contributed by atoms with Crippen LogP contribution in [0.4, 0.5) is 0 Å². The molecule has 1 unspecified atom stereocenters. The fourth-order valence-corrected chi connectivity index (χ4v) is 3.37. The van der Waals surface area contributed by atoms with Gasteiger partial charge in [-0.2, -0.15) is 0 Å². The van der Waals surface area contributed by atoms with Crippen LogP contribution >= 0.6 is 0 Å². The first-order chi connectivity index (χ1) is 13.3. The Morgan fingerprint density at radius 3 is 2.78 bits per heavy atom. The number of guanidine groups is 1. The molecule has 0 aromatic heterocycles. The maximum absolute atomic E-state index is 5.48. The van der Waals surface area contributed by atoms with Crippen molar-refractivity contribution < 1.29 is 9.47 Å². The van der Waals surface area contributed by atoms with E-state index < -0.39 is 0 Å². The number of hydrogen-bond acceptors (Lipinski definition) is 4. The third kappa shape index (κ3) is 8.73. The van der Waals surface area contributed by atoms with Gasteiger partial charge in [0.05, 0.1) is 13.2 Å². The molecule has 0 saturated carbocycles. The van der Waals surface area contributed by atoms with Crippen LogP contribution in [0.1, 0.15) is 31.2 Å². The number of ether oxygens (including phenoxy) is 2. The molecule has 152 valence electrons. The average Bonchev–Trinajstić information content (AvgIpc) is 3.14. The summed E-state index contributed by atoms with van der Waals surface area (Å²) in [5.74, 6) is 0.891. The highest BCUT2D eigenvalue weighted by atomic mass is 16.5. The van der Waals surface area contributed by atoms with E-state index in [9.17, 15) is 0 Å². The van der Waals surface area contributed by atoms with Gasteiger partial charge in [0.25, 0.3) is 0 Å². The molecule has 1 aromatic rings. The van der Waals surface area contributed by atoms with E-state index in [0.29, 0.717) is 19.3 Å². The van der Waals surface area contributed by atoms with Crippen molar-refractivity contribution >= 4 is 5.96 Å². The molecular weight excluding hydrogens is 340 g/mol. The molecule has 1 aliphatic rings. The molecule has 1 aliphatic heterocycles. The van der Waals surface area contributed by atoms with Gasteiger partial charge in [-0.25, -0.2) is 0 Å². The van der Waals surface area contributed by atoms with Gasteiger partial charge in [0.2, 0.25) is 0 Å². The van der Waals surface area contributed by atoms with Crippen molar-refractivity contribution in [2.24, 2.45) is 4.99 Å². The van der Waals surface area contributed by atoms with Gasteiger partial charge in [-0.1, -0.05) is 30.3 Å². The highest BCUT2D eigenvalue weighted by molar-refractivity contribution is 5.79. The zero-order chi connectivity index (χ0) is 19.2. The molecule has 0 bridgehead atoms. The first kappa shape index (κ1) is 21.7. The van der Waals surface area contributed by atoms with Crippen LogP contribution in [-0.2, 0) is 16.0 Å². The lowest BCUT2D eigenvalue weighted by atomic mass is 10.2. The lowest BCUT2D eigenvalue weighted by Gasteiger charge is -2.25. The summed E-state index contributed by atoms with van der Waals surface area (Å²) in [4.78, 5) is 6.92. The molecule has 6 heteroatoms. The largest absolute Gasteiger partial charge is 0.382 e. The smallest absolute Gasteiger partial charge is 0.191 e. The van der Waals surface area contributed by atoms with E-state index in [2.05, 4.69) is 50.9 Å². The Bertz CT molecular complexity index is 524. The maximum Gasteiger partial charge on any atom is 0.191 e. The molecule has 1 aromatic carbocycles. The lowest BCUT2D eigenvalue weighted by molar-refractivity contribution is 0.0689. The number of hydrogen-bond donors (Lipinski definition) is 2. The van der Waals surface area contributed by atoms with Gasteiger partial charge < -0.3 is 20.1 Å². The highest BCUT2D eigenvalue weighted by Gasteiger charge is 2.24. The number of unbranched alkanes of at least 4 members (excludes halogenated alkanes) is 1. The van der Waals surface area contributed by atoms with Crippen LogP contribution in [0.3, 0.4) is 0 Å². The third-order valence-electron chi connectivity index (χ3n) is 4.90. The Kier molecular flexibility index (Phi) is 10.9. The Morgan fingerprint density at radius 2 is 2.00 bits per heavy atom. The van der Waals surface area contributed by atoms with Gasteiger partial charge in [-0.15, -0.1) is 0 Å². The van der Waals surface area contributed by atoms with Gasteiger partial charge in [0.15, 0.2) is 5.96 Å². The minimum absolute atomic E-state index is 0.568. The molecule has 0 amide bonds. The number of benzene rings is 1. The van der Waals surface area contributed by atoms with Crippen molar-refractivity contribution in [3.8, 4) is 0 Å². The van der Waals surface area contributed by atoms with Crippen LogP contribution in [0.2, 0.25) is 0 Å². The first-order valence-corrected chi connectivity index (χ1v) is 10.1. The topological polar surface area (TPSA) is 58.1 Å². The number of nitrogens with zero attached hydrogens (tertiary/aromatic N) is 2. The minimum Gasteiger partial charge on any atom is -0.382 e. The summed E-state index contributed by atoms with van der Waals surface area (Å²) in [6, 6.07) is 11.3. The number of rotatable bonds is 12. The molecule has 0 spiro atoms. The molecule has 6 nitrogen and oxygen atoms in total. The van der Waals surface area contributed by atoms with Crippen molar-refractivity contribution in [2.75, 3.05) is 53.6 Å². The normalized spacial score (nSPS) is 18.0. The second-order valence-electron chi connectivity index (χ2n) is 6.94. The molecule has 1 heterocycles. The Morgan fingerprint density at radius 1 is 1.15 bits per heavy atom. The Labute approximate surface area is 164 Å². The summed E-state index contributed by atoms with van der Waals surface area (Å²) in [5, 5.41) is 6.90. The van der Waals surface area contributed by atoms with E-state index in [-0.39, 0.29) is 0 Å². The van der Waals surface area contributed by atoms with Crippen LogP contribution in [-0.4, -0.2) is 70.5 Å². The van der Waals surface area contributed by atoms with Crippen molar-refractivity contribution in [1.29, 1.82) is 0 Å². The summed E-state index contributed by atoms with van der Waals surface area (Å²) in [5.41, 5.74) is 1.39. The fourth-order valence-electron chi connectivity index (χ4n) is 3.37. The van der Waals surface area contributed by atoms with E-state index in [1.54, 1.807) is 7.11 Å². The molecule has 1 saturated heterocycles. The van der Waals surface area contributed by atoms with Crippen molar-refractivity contribution in [3.05, 3.63) is 35.9 Å². The van der Waals surface area contributed by atoms with E-state index >= 15 is 0 Å². The molecule has 2 N–H and O–H groups in total. The number of methoxy groups -OCH3 is 1. The quantitative estimate of drug-likeness (QED) is 0.333. The fraction of sp³-hybridized carbons (Fsp3) is 0.667. The van der Waals surface area contributed by atoms with Crippen LogP contribution in [0, 0.1) is 0 Å². The first-order valence-electron chi connectivity index (χ1n) is 10.1. The van der Waals surface area contributed by atoms with Crippen molar-refractivity contribution in [3.63, 3.8) is 0 Å². The van der Waals surface area contributed by atoms with Crippen LogP contribution in [0.25, 0.3) is 0 Å². The highest BCUT2D eigenvalue weighted by Crippen LogP contribution is 2.19. The van der Waals surface area contributed by atoms with E-state index in [0.717, 1.165) is 45.0 Å². The van der Waals surface area contributed by atoms with Gasteiger partial charge in [0, 0.05) is 46.4 Å². The third-order valence-corrected chi connectivity index (χ3v) is 4.90. The summed E-state index contributed by atoms with van der Waals surface area (Å²) in [6.45, 7) is 6.18. The summed E-state index contributed by atoms with van der Waals surface area (Å²) < 4.78 is 10.4. The zero-order valence-corrected chi connectivity index (χ0v) is 17.0. The molecule has 0 radical (unpaired) electrons. The molecular formula is C21H36N4O2. The molecule has 0 aliphatic carbocycles. The van der Waals surface area contributed by atoms with Crippen LogP contribution in [0.5, 0.6) is 0 Å². The van der Waals surface area contributed by atoms with E-state index in [1.165, 1.54) is 24.9 Å². The second kappa shape index (κ2) is 13.5. The second-order valence-corrected chi connectivity index (χ2v) is 6.94. The van der Waals surface area contributed by atoms with Crippen molar-refractivity contribution in [1.82, 2.24) is 15.5 Å². The zero-order valence-electron chi connectivity index (χ0n) is 17.0. The van der Waals surface area contributed by atoms with Gasteiger partial charge >= 0.3 is 0 Å². The SMILES string of the molecule is CN=C(NCCCCOCCOC)NCC1CCCN1Cc1ccccc1. The van der Waals surface area contributed by atoms with Gasteiger partial charge in [-0.3, -0.25) is 9.89 Å². The Hall–Kier alpha value is -1.63.